The normalized spacial score (nSPS) is 18.4. The number of hydrogen-bond donors (Lipinski definition) is 2. The molecular formula is C29H37FN8O. The van der Waals surface area contributed by atoms with E-state index in [4.69, 9.17) is 9.72 Å². The number of halogens is 1. The molecule has 6 rings (SSSR count). The molecule has 10 heteroatoms. The molecule has 39 heavy (non-hydrogen) atoms. The van der Waals surface area contributed by atoms with E-state index in [-0.39, 0.29) is 5.82 Å². The average molecular weight is 533 g/mol. The number of fused-ring (bicyclic) bond motifs is 1. The number of aromatic nitrogens is 3. The van der Waals surface area contributed by atoms with E-state index < -0.39 is 5.82 Å². The van der Waals surface area contributed by atoms with Gasteiger partial charge in [0.1, 0.15) is 12.4 Å². The van der Waals surface area contributed by atoms with Crippen molar-refractivity contribution in [3.63, 3.8) is 0 Å². The van der Waals surface area contributed by atoms with Gasteiger partial charge in [-0.1, -0.05) is 25.3 Å². The van der Waals surface area contributed by atoms with Crippen LogP contribution in [0.25, 0.3) is 0 Å². The molecule has 3 aliphatic rings. The van der Waals surface area contributed by atoms with Gasteiger partial charge in [0.15, 0.2) is 23.2 Å². The fourth-order valence-electron chi connectivity index (χ4n) is 5.69. The Morgan fingerprint density at radius 3 is 2.67 bits per heavy atom. The molecule has 0 bridgehead atoms. The van der Waals surface area contributed by atoms with Crippen LogP contribution in [0.2, 0.25) is 0 Å². The van der Waals surface area contributed by atoms with Crippen LogP contribution in [0.1, 0.15) is 32.1 Å². The quantitative estimate of drug-likeness (QED) is 0.435. The summed E-state index contributed by atoms with van der Waals surface area (Å²) in [5.74, 6) is 2.64. The van der Waals surface area contributed by atoms with Crippen molar-refractivity contribution in [2.24, 2.45) is 5.92 Å². The Morgan fingerprint density at radius 1 is 0.974 bits per heavy atom. The number of anilines is 6. The van der Waals surface area contributed by atoms with Crippen LogP contribution in [-0.4, -0.2) is 72.8 Å². The van der Waals surface area contributed by atoms with Gasteiger partial charge >= 0.3 is 0 Å². The smallest absolute Gasteiger partial charge is 0.229 e. The topological polar surface area (TPSA) is 81.7 Å². The van der Waals surface area contributed by atoms with Crippen LogP contribution in [0.5, 0.6) is 5.75 Å². The molecule has 1 aliphatic carbocycles. The summed E-state index contributed by atoms with van der Waals surface area (Å²) < 4.78 is 20.6. The molecule has 1 saturated heterocycles. The lowest BCUT2D eigenvalue weighted by molar-refractivity contribution is 0.290. The predicted octanol–water partition coefficient (Wildman–Crippen LogP) is 5.03. The highest BCUT2D eigenvalue weighted by atomic mass is 19.1. The van der Waals surface area contributed by atoms with Crippen molar-refractivity contribution >= 4 is 34.8 Å². The molecule has 1 saturated carbocycles. The predicted molar refractivity (Wildman–Crippen MR) is 153 cm³/mol. The Labute approximate surface area is 229 Å². The summed E-state index contributed by atoms with van der Waals surface area (Å²) in [5, 5.41) is 6.30. The number of rotatable bonds is 7. The minimum atomic E-state index is -0.540. The van der Waals surface area contributed by atoms with E-state index >= 15 is 0 Å². The Balaban J connectivity index is 1.16. The minimum absolute atomic E-state index is 0.0748. The second kappa shape index (κ2) is 11.6. The third-order valence-corrected chi connectivity index (χ3v) is 7.92. The van der Waals surface area contributed by atoms with E-state index in [1.807, 2.05) is 18.2 Å². The molecule has 2 N–H and O–H groups in total. The maximum atomic E-state index is 14.8. The second-order valence-corrected chi connectivity index (χ2v) is 10.8. The molecule has 9 nitrogen and oxygen atoms in total. The van der Waals surface area contributed by atoms with E-state index in [9.17, 15) is 4.39 Å². The Bertz CT molecular complexity index is 1280. The van der Waals surface area contributed by atoms with E-state index in [0.717, 1.165) is 62.2 Å². The molecule has 2 fully saturated rings. The van der Waals surface area contributed by atoms with E-state index in [2.05, 4.69) is 54.5 Å². The van der Waals surface area contributed by atoms with Crippen LogP contribution >= 0.6 is 0 Å². The van der Waals surface area contributed by atoms with Gasteiger partial charge in [-0.2, -0.15) is 4.98 Å². The lowest BCUT2D eigenvalue weighted by Crippen LogP contribution is -2.44. The highest BCUT2D eigenvalue weighted by molar-refractivity contribution is 5.65. The highest BCUT2D eigenvalue weighted by Crippen LogP contribution is 2.34. The number of pyridine rings is 1. The molecule has 0 spiro atoms. The van der Waals surface area contributed by atoms with Crippen molar-refractivity contribution in [3.8, 4) is 5.75 Å². The van der Waals surface area contributed by atoms with Crippen molar-refractivity contribution in [2.75, 3.05) is 73.4 Å². The third-order valence-electron chi connectivity index (χ3n) is 7.92. The first kappa shape index (κ1) is 25.6. The van der Waals surface area contributed by atoms with Gasteiger partial charge in [-0.15, -0.1) is 0 Å². The molecule has 0 atom stereocenters. The molecule has 4 heterocycles. The van der Waals surface area contributed by atoms with Crippen molar-refractivity contribution in [3.05, 3.63) is 48.4 Å². The second-order valence-electron chi connectivity index (χ2n) is 10.8. The Hall–Kier alpha value is -3.66. The molecule has 2 aromatic heterocycles. The summed E-state index contributed by atoms with van der Waals surface area (Å²) in [6, 6.07) is 11.9. The van der Waals surface area contributed by atoms with Gasteiger partial charge < -0.3 is 30.1 Å². The molecule has 3 aromatic rings. The number of benzene rings is 1. The first-order valence-electron chi connectivity index (χ1n) is 14.1. The van der Waals surface area contributed by atoms with E-state index in [0.29, 0.717) is 24.3 Å². The van der Waals surface area contributed by atoms with Gasteiger partial charge in [0, 0.05) is 44.1 Å². The maximum Gasteiger partial charge on any atom is 0.229 e. The SMILES string of the molecule is CN1CCN(c2cccc(Nc3ncc(F)c(Nc4ccc5c(n4)N(CC4CCCCC4)CCO5)n3)c2)CC1. The van der Waals surface area contributed by atoms with Gasteiger partial charge in [0.2, 0.25) is 5.95 Å². The lowest BCUT2D eigenvalue weighted by atomic mass is 9.89. The van der Waals surface area contributed by atoms with Gasteiger partial charge in [-0.25, -0.2) is 14.4 Å². The summed E-state index contributed by atoms with van der Waals surface area (Å²) in [5.41, 5.74) is 2.00. The van der Waals surface area contributed by atoms with Crippen molar-refractivity contribution in [1.29, 1.82) is 0 Å². The fraction of sp³-hybridized carbons (Fsp3) is 0.483. The summed E-state index contributed by atoms with van der Waals surface area (Å²) in [6.07, 6.45) is 7.67. The summed E-state index contributed by atoms with van der Waals surface area (Å²) in [6.45, 7) is 6.48. The molecular weight excluding hydrogens is 495 g/mol. The minimum Gasteiger partial charge on any atom is -0.488 e. The van der Waals surface area contributed by atoms with Crippen LogP contribution in [0.15, 0.2) is 42.6 Å². The zero-order chi connectivity index (χ0) is 26.6. The van der Waals surface area contributed by atoms with Crippen LogP contribution in [0.4, 0.5) is 39.2 Å². The molecule has 1 aromatic carbocycles. The number of likely N-dealkylation sites (N-methyl/N-ethyl adjacent to an activating group) is 1. The summed E-state index contributed by atoms with van der Waals surface area (Å²) in [4.78, 5) is 20.4. The summed E-state index contributed by atoms with van der Waals surface area (Å²) in [7, 11) is 2.15. The first-order valence-corrected chi connectivity index (χ1v) is 14.1. The summed E-state index contributed by atoms with van der Waals surface area (Å²) >= 11 is 0. The van der Waals surface area contributed by atoms with E-state index in [1.165, 1.54) is 38.3 Å². The number of nitrogens with zero attached hydrogens (tertiary/aromatic N) is 6. The lowest BCUT2D eigenvalue weighted by Gasteiger charge is -2.34. The van der Waals surface area contributed by atoms with Crippen LogP contribution in [0, 0.1) is 11.7 Å². The molecule has 0 radical (unpaired) electrons. The van der Waals surface area contributed by atoms with Gasteiger partial charge in [0.05, 0.1) is 12.7 Å². The Kier molecular flexibility index (Phi) is 7.62. The van der Waals surface area contributed by atoms with Crippen molar-refractivity contribution in [1.82, 2.24) is 19.9 Å². The van der Waals surface area contributed by atoms with Gasteiger partial charge in [-0.3, -0.25) is 0 Å². The van der Waals surface area contributed by atoms with Gasteiger partial charge in [0.25, 0.3) is 0 Å². The van der Waals surface area contributed by atoms with Crippen LogP contribution in [-0.2, 0) is 0 Å². The van der Waals surface area contributed by atoms with Crippen LogP contribution < -0.4 is 25.2 Å². The van der Waals surface area contributed by atoms with Crippen molar-refractivity contribution < 1.29 is 9.13 Å². The standard InChI is InChI=1S/C29H37FN8O/c1-36-12-14-37(15-13-36)23-9-5-8-22(18-23)32-29-31-19-24(30)27(35-29)33-26-11-10-25-28(34-26)38(16-17-39-25)20-21-6-3-2-4-7-21/h5,8-11,18-19,21H,2-4,6-7,12-17,20H2,1H3,(H2,31,32,33,34,35). The number of ether oxygens (including phenoxy) is 1. The molecule has 0 amide bonds. The zero-order valence-corrected chi connectivity index (χ0v) is 22.6. The zero-order valence-electron chi connectivity index (χ0n) is 22.6. The largest absolute Gasteiger partial charge is 0.488 e. The molecule has 0 unspecified atom stereocenters. The number of piperazine rings is 1. The van der Waals surface area contributed by atoms with Crippen LogP contribution in [0.3, 0.4) is 0 Å². The first-order chi connectivity index (χ1) is 19.1. The number of hydrogen-bond acceptors (Lipinski definition) is 9. The van der Waals surface area contributed by atoms with Gasteiger partial charge in [-0.05, 0) is 56.1 Å². The molecule has 206 valence electrons. The monoisotopic (exact) mass is 532 g/mol. The highest BCUT2D eigenvalue weighted by Gasteiger charge is 2.24. The average Bonchev–Trinajstić information content (AvgIpc) is 2.96. The Morgan fingerprint density at radius 2 is 1.82 bits per heavy atom. The fourth-order valence-corrected chi connectivity index (χ4v) is 5.69. The molecule has 2 aliphatic heterocycles. The van der Waals surface area contributed by atoms with E-state index in [1.54, 1.807) is 6.07 Å². The third kappa shape index (κ3) is 6.16. The number of nitrogens with one attached hydrogen (secondary N) is 2. The maximum absolute atomic E-state index is 14.8. The van der Waals surface area contributed by atoms with Crippen molar-refractivity contribution in [2.45, 2.75) is 32.1 Å².